The largest absolute Gasteiger partial charge is 0.399 e. The van der Waals surface area contributed by atoms with Gasteiger partial charge in [-0.15, -0.1) is 0 Å². The number of hydrogen-bond donors (Lipinski definition) is 1. The summed E-state index contributed by atoms with van der Waals surface area (Å²) in [5.41, 5.74) is 7.37. The van der Waals surface area contributed by atoms with Crippen LogP contribution in [-0.2, 0) is 0 Å². The number of rotatable bonds is 0. The number of nitrogen functional groups attached to an aromatic ring is 1. The molecule has 1 aromatic heterocycles. The maximum absolute atomic E-state index is 5.60. The van der Waals surface area contributed by atoms with E-state index in [1.807, 2.05) is 44.2 Å². The molecule has 2 rings (SSSR count). The molecule has 68 valence electrons. The molecule has 0 aliphatic carbocycles. The van der Waals surface area contributed by atoms with Crippen LogP contribution in [0.4, 0.5) is 5.69 Å². The van der Waals surface area contributed by atoms with Crippen molar-refractivity contribution in [3.8, 4) is 0 Å². The number of nitrogens with two attached hydrogens (primary N) is 1. The zero-order valence-electron chi connectivity index (χ0n) is 7.99. The van der Waals surface area contributed by atoms with Gasteiger partial charge in [-0.2, -0.15) is 0 Å². The zero-order chi connectivity index (χ0) is 9.68. The van der Waals surface area contributed by atoms with Crippen molar-refractivity contribution in [2.75, 3.05) is 5.73 Å². The predicted octanol–water partition coefficient (Wildman–Crippen LogP) is 2.84. The van der Waals surface area contributed by atoms with E-state index in [2.05, 4.69) is 4.98 Å². The molecule has 0 amide bonds. The van der Waals surface area contributed by atoms with Gasteiger partial charge in [-0.1, -0.05) is 19.9 Å². The molecule has 0 bridgehead atoms. The lowest BCUT2D eigenvalue weighted by atomic mass is 10.2. The second-order valence-electron chi connectivity index (χ2n) is 2.46. The molecule has 2 heteroatoms. The fraction of sp³-hybridized carbons (Fsp3) is 0.182. The van der Waals surface area contributed by atoms with Gasteiger partial charge in [0, 0.05) is 17.3 Å². The van der Waals surface area contributed by atoms with E-state index in [0.29, 0.717) is 0 Å². The van der Waals surface area contributed by atoms with E-state index in [4.69, 9.17) is 5.73 Å². The summed E-state index contributed by atoms with van der Waals surface area (Å²) < 4.78 is 0. The van der Waals surface area contributed by atoms with E-state index >= 15 is 0 Å². The molecule has 0 aliphatic rings. The summed E-state index contributed by atoms with van der Waals surface area (Å²) in [6.45, 7) is 4.00. The van der Waals surface area contributed by atoms with Crippen molar-refractivity contribution < 1.29 is 0 Å². The Morgan fingerprint density at radius 1 is 1.15 bits per heavy atom. The third-order valence-corrected chi connectivity index (χ3v) is 1.63. The van der Waals surface area contributed by atoms with E-state index in [-0.39, 0.29) is 0 Å². The number of nitrogens with zero attached hydrogens (tertiary/aromatic N) is 1. The fourth-order valence-electron chi connectivity index (χ4n) is 1.09. The molecule has 2 N–H and O–H groups in total. The van der Waals surface area contributed by atoms with Crippen LogP contribution >= 0.6 is 0 Å². The van der Waals surface area contributed by atoms with E-state index in [9.17, 15) is 0 Å². The Hall–Kier alpha value is -1.57. The van der Waals surface area contributed by atoms with Crippen LogP contribution in [0, 0.1) is 0 Å². The van der Waals surface area contributed by atoms with E-state index < -0.39 is 0 Å². The lowest BCUT2D eigenvalue weighted by molar-refractivity contribution is 1.41. The van der Waals surface area contributed by atoms with E-state index in [1.165, 1.54) is 0 Å². The highest BCUT2D eigenvalue weighted by molar-refractivity contribution is 5.81. The van der Waals surface area contributed by atoms with Crippen LogP contribution in [0.3, 0.4) is 0 Å². The number of aromatic nitrogens is 1. The molecule has 0 spiro atoms. The van der Waals surface area contributed by atoms with Crippen LogP contribution in [0.15, 0.2) is 36.5 Å². The molecule has 0 radical (unpaired) electrons. The maximum atomic E-state index is 5.60. The van der Waals surface area contributed by atoms with Crippen molar-refractivity contribution in [1.29, 1.82) is 0 Å². The topological polar surface area (TPSA) is 38.9 Å². The van der Waals surface area contributed by atoms with Crippen LogP contribution in [0.25, 0.3) is 10.9 Å². The van der Waals surface area contributed by atoms with Crippen LogP contribution < -0.4 is 5.73 Å². The normalized spacial score (nSPS) is 9.08. The summed E-state index contributed by atoms with van der Waals surface area (Å²) in [4.78, 5) is 4.17. The number of anilines is 1. The summed E-state index contributed by atoms with van der Waals surface area (Å²) in [6.07, 6.45) is 1.78. The summed E-state index contributed by atoms with van der Waals surface area (Å²) in [6, 6.07) is 9.60. The highest BCUT2D eigenvalue weighted by atomic mass is 14.6. The van der Waals surface area contributed by atoms with Crippen LogP contribution in [0.5, 0.6) is 0 Å². The van der Waals surface area contributed by atoms with Crippen LogP contribution in [-0.4, -0.2) is 4.98 Å². The number of pyridine rings is 1. The molecule has 0 unspecified atom stereocenters. The van der Waals surface area contributed by atoms with Crippen molar-refractivity contribution >= 4 is 16.6 Å². The summed E-state index contributed by atoms with van der Waals surface area (Å²) in [5.74, 6) is 0. The standard InChI is InChI=1S/C9H8N2.C2H6/c10-8-3-4-9-7(6-8)2-1-5-11-9;1-2/h1-6H,10H2;1-2H3. The van der Waals surface area contributed by atoms with Gasteiger partial charge in [0.15, 0.2) is 0 Å². The minimum absolute atomic E-state index is 0.783. The first-order chi connectivity index (χ1) is 6.36. The third-order valence-electron chi connectivity index (χ3n) is 1.63. The monoisotopic (exact) mass is 174 g/mol. The quantitative estimate of drug-likeness (QED) is 0.624. The smallest absolute Gasteiger partial charge is 0.0703 e. The van der Waals surface area contributed by atoms with Gasteiger partial charge in [0.05, 0.1) is 5.52 Å². The fourth-order valence-corrected chi connectivity index (χ4v) is 1.09. The van der Waals surface area contributed by atoms with E-state index in [1.54, 1.807) is 6.20 Å². The average Bonchev–Trinajstić information content (AvgIpc) is 2.21. The lowest BCUT2D eigenvalue weighted by Gasteiger charge is -1.96. The molecule has 2 aromatic rings. The Bertz CT molecular complexity index is 383. The molecule has 13 heavy (non-hydrogen) atoms. The third kappa shape index (κ3) is 2.18. The highest BCUT2D eigenvalue weighted by Gasteiger charge is 1.91. The number of hydrogen-bond acceptors (Lipinski definition) is 2. The molecule has 0 aliphatic heterocycles. The van der Waals surface area contributed by atoms with Crippen LogP contribution in [0.2, 0.25) is 0 Å². The predicted molar refractivity (Wildman–Crippen MR) is 57.5 cm³/mol. The Balaban J connectivity index is 0.000000396. The Morgan fingerprint density at radius 2 is 1.92 bits per heavy atom. The summed E-state index contributed by atoms with van der Waals surface area (Å²) in [5, 5.41) is 1.09. The van der Waals surface area contributed by atoms with Crippen LogP contribution in [0.1, 0.15) is 13.8 Å². The van der Waals surface area contributed by atoms with Crippen molar-refractivity contribution in [2.24, 2.45) is 0 Å². The Labute approximate surface area is 78.4 Å². The second-order valence-corrected chi connectivity index (χ2v) is 2.46. The molecule has 1 heterocycles. The Kier molecular flexibility index (Phi) is 3.26. The highest BCUT2D eigenvalue weighted by Crippen LogP contribution is 2.13. The second kappa shape index (κ2) is 4.45. The first kappa shape index (κ1) is 9.52. The first-order valence-electron chi connectivity index (χ1n) is 4.46. The van der Waals surface area contributed by atoms with Gasteiger partial charge in [0.2, 0.25) is 0 Å². The molecule has 2 nitrogen and oxygen atoms in total. The SMILES string of the molecule is CC.Nc1ccc2ncccc2c1. The van der Waals surface area contributed by atoms with Gasteiger partial charge in [-0.3, -0.25) is 4.98 Å². The minimum Gasteiger partial charge on any atom is -0.399 e. The lowest BCUT2D eigenvalue weighted by Crippen LogP contribution is -1.84. The maximum Gasteiger partial charge on any atom is 0.0703 e. The summed E-state index contributed by atoms with van der Waals surface area (Å²) >= 11 is 0. The molecule has 0 saturated carbocycles. The molecular formula is C11H14N2. The van der Waals surface area contributed by atoms with Gasteiger partial charge >= 0.3 is 0 Å². The van der Waals surface area contributed by atoms with Gasteiger partial charge in [0.25, 0.3) is 0 Å². The molecule has 1 aromatic carbocycles. The molecular weight excluding hydrogens is 160 g/mol. The minimum atomic E-state index is 0.783. The van der Waals surface area contributed by atoms with Crippen molar-refractivity contribution in [3.05, 3.63) is 36.5 Å². The van der Waals surface area contributed by atoms with E-state index in [0.717, 1.165) is 16.6 Å². The van der Waals surface area contributed by atoms with Gasteiger partial charge < -0.3 is 5.73 Å². The van der Waals surface area contributed by atoms with Gasteiger partial charge in [0.1, 0.15) is 0 Å². The molecule has 0 atom stereocenters. The Morgan fingerprint density at radius 3 is 2.69 bits per heavy atom. The first-order valence-corrected chi connectivity index (χ1v) is 4.46. The molecule has 0 fully saturated rings. The number of benzene rings is 1. The zero-order valence-corrected chi connectivity index (χ0v) is 7.99. The van der Waals surface area contributed by atoms with Crippen molar-refractivity contribution in [1.82, 2.24) is 4.98 Å². The van der Waals surface area contributed by atoms with Crippen molar-refractivity contribution in [2.45, 2.75) is 13.8 Å². The van der Waals surface area contributed by atoms with Crippen molar-refractivity contribution in [3.63, 3.8) is 0 Å². The number of fused-ring (bicyclic) bond motifs is 1. The molecule has 0 saturated heterocycles. The van der Waals surface area contributed by atoms with Gasteiger partial charge in [-0.05, 0) is 24.3 Å². The average molecular weight is 174 g/mol. The summed E-state index contributed by atoms with van der Waals surface area (Å²) in [7, 11) is 0. The van der Waals surface area contributed by atoms with Gasteiger partial charge in [-0.25, -0.2) is 0 Å².